The van der Waals surface area contributed by atoms with Crippen molar-refractivity contribution in [1.29, 1.82) is 0 Å². The van der Waals surface area contributed by atoms with Gasteiger partial charge in [-0.25, -0.2) is 10.5 Å². The molecule has 0 saturated carbocycles. The summed E-state index contributed by atoms with van der Waals surface area (Å²) in [4.78, 5) is 19.0. The minimum absolute atomic E-state index is 0.379. The molecule has 204 valence electrons. The number of aryl methyl sites for hydroxylation is 1. The molecule has 4 aromatic rings. The van der Waals surface area contributed by atoms with Gasteiger partial charge in [0.25, 0.3) is 5.91 Å². The number of likely N-dealkylation sites (tertiary alicyclic amines) is 1. The molecule has 9 nitrogen and oxygen atoms in total. The van der Waals surface area contributed by atoms with Gasteiger partial charge in [-0.2, -0.15) is 0 Å². The zero-order valence-electron chi connectivity index (χ0n) is 22.3. The molecular formula is C30H34N4O5. The second-order valence-corrected chi connectivity index (χ2v) is 9.73. The van der Waals surface area contributed by atoms with E-state index in [1.54, 1.807) is 24.7 Å². The van der Waals surface area contributed by atoms with Crippen LogP contribution < -0.4 is 20.3 Å². The lowest BCUT2D eigenvalue weighted by Crippen LogP contribution is -2.21. The van der Waals surface area contributed by atoms with E-state index in [2.05, 4.69) is 10.2 Å². The van der Waals surface area contributed by atoms with Crippen LogP contribution in [0.5, 0.6) is 11.5 Å². The third-order valence-corrected chi connectivity index (χ3v) is 6.96. The van der Waals surface area contributed by atoms with E-state index >= 15 is 0 Å². The third kappa shape index (κ3) is 6.32. The number of furan rings is 1. The molecule has 5 rings (SSSR count). The molecule has 0 atom stereocenters. The van der Waals surface area contributed by atoms with Crippen LogP contribution in [0.25, 0.3) is 22.4 Å². The fourth-order valence-electron chi connectivity index (χ4n) is 4.86. The van der Waals surface area contributed by atoms with Crippen molar-refractivity contribution in [1.82, 2.24) is 15.4 Å². The van der Waals surface area contributed by atoms with Crippen molar-refractivity contribution in [3.63, 3.8) is 0 Å². The summed E-state index contributed by atoms with van der Waals surface area (Å²) in [7, 11) is 1.64. The molecule has 1 aliphatic rings. The number of benzene rings is 2. The number of hydrogen-bond donors (Lipinski definition) is 3. The third-order valence-electron chi connectivity index (χ3n) is 6.96. The van der Waals surface area contributed by atoms with E-state index < -0.39 is 5.91 Å². The topological polar surface area (TPSA) is 109 Å². The minimum atomic E-state index is -0.547. The number of anilines is 1. The van der Waals surface area contributed by atoms with Crippen molar-refractivity contribution in [2.75, 3.05) is 38.7 Å². The Bertz CT molecular complexity index is 1430. The minimum Gasteiger partial charge on any atom is -0.493 e. The molecule has 1 aliphatic heterocycles. The Morgan fingerprint density at radius 3 is 2.56 bits per heavy atom. The predicted molar refractivity (Wildman–Crippen MR) is 150 cm³/mol. The predicted octanol–water partition coefficient (Wildman–Crippen LogP) is 5.41. The highest BCUT2D eigenvalue weighted by Crippen LogP contribution is 2.37. The molecule has 3 N–H and O–H groups in total. The van der Waals surface area contributed by atoms with Crippen LogP contribution in [0.15, 0.2) is 59.0 Å². The smallest absolute Gasteiger partial charge is 0.274 e. The molecule has 3 heterocycles. The van der Waals surface area contributed by atoms with Gasteiger partial charge in [-0.1, -0.05) is 12.1 Å². The van der Waals surface area contributed by atoms with Crippen LogP contribution in [0.3, 0.4) is 0 Å². The summed E-state index contributed by atoms with van der Waals surface area (Å²) in [6, 6.07) is 16.7. The van der Waals surface area contributed by atoms with E-state index in [4.69, 9.17) is 24.1 Å². The van der Waals surface area contributed by atoms with Crippen molar-refractivity contribution in [3.05, 3.63) is 71.5 Å². The van der Waals surface area contributed by atoms with Crippen molar-refractivity contribution < 1.29 is 23.9 Å². The summed E-state index contributed by atoms with van der Waals surface area (Å²) in [5, 5.41) is 13.2. The second-order valence-electron chi connectivity index (χ2n) is 9.73. The highest BCUT2D eigenvalue weighted by atomic mass is 16.5. The maximum Gasteiger partial charge on any atom is 0.274 e. The fourth-order valence-corrected chi connectivity index (χ4v) is 4.86. The Morgan fingerprint density at radius 1 is 1.08 bits per heavy atom. The normalized spacial score (nSPS) is 13.5. The monoisotopic (exact) mass is 530 g/mol. The van der Waals surface area contributed by atoms with Gasteiger partial charge < -0.3 is 24.1 Å². The van der Waals surface area contributed by atoms with Gasteiger partial charge in [0, 0.05) is 35.8 Å². The molecule has 2 aromatic heterocycles. The molecule has 0 spiro atoms. The van der Waals surface area contributed by atoms with Crippen LogP contribution in [-0.4, -0.2) is 54.3 Å². The summed E-state index contributed by atoms with van der Waals surface area (Å²) < 4.78 is 17.7. The van der Waals surface area contributed by atoms with Crippen LogP contribution in [0, 0.1) is 6.92 Å². The Morgan fingerprint density at radius 2 is 1.87 bits per heavy atom. The van der Waals surface area contributed by atoms with Crippen molar-refractivity contribution in [3.8, 4) is 23.0 Å². The first-order valence-electron chi connectivity index (χ1n) is 13.3. The number of rotatable bonds is 11. The van der Waals surface area contributed by atoms with Gasteiger partial charge in [-0.3, -0.25) is 10.0 Å². The van der Waals surface area contributed by atoms with Crippen LogP contribution in [0.4, 0.5) is 5.69 Å². The molecule has 2 aromatic carbocycles. The van der Waals surface area contributed by atoms with Crippen LogP contribution >= 0.6 is 0 Å². The molecule has 0 radical (unpaired) electrons. The Hall–Kier alpha value is -4.08. The first-order valence-corrected chi connectivity index (χ1v) is 13.3. The molecule has 1 amide bonds. The summed E-state index contributed by atoms with van der Waals surface area (Å²) >= 11 is 0. The number of nitrogens with zero attached hydrogens (tertiary/aromatic N) is 2. The number of methoxy groups -OCH3 is 1. The van der Waals surface area contributed by atoms with Crippen molar-refractivity contribution in [2.24, 2.45) is 0 Å². The largest absolute Gasteiger partial charge is 0.493 e. The number of pyridine rings is 1. The number of carbonyl (C=O) groups is 1. The molecule has 0 unspecified atom stereocenters. The Balaban J connectivity index is 1.41. The number of aromatic nitrogens is 1. The molecular weight excluding hydrogens is 496 g/mol. The lowest BCUT2D eigenvalue weighted by molar-refractivity contribution is 0.0706. The van der Waals surface area contributed by atoms with Crippen LogP contribution in [0.2, 0.25) is 0 Å². The fraction of sp³-hybridized carbons (Fsp3) is 0.333. The lowest BCUT2D eigenvalue weighted by atomic mass is 10.1. The van der Waals surface area contributed by atoms with Gasteiger partial charge >= 0.3 is 0 Å². The maximum atomic E-state index is 11.6. The number of carbonyl (C=O) groups excluding carboxylic acids is 1. The van der Waals surface area contributed by atoms with E-state index in [-0.39, 0.29) is 0 Å². The van der Waals surface area contributed by atoms with Crippen molar-refractivity contribution >= 4 is 22.5 Å². The number of amides is 1. The molecule has 39 heavy (non-hydrogen) atoms. The quantitative estimate of drug-likeness (QED) is 0.134. The molecule has 0 bridgehead atoms. The van der Waals surface area contributed by atoms with Gasteiger partial charge in [0.15, 0.2) is 17.3 Å². The zero-order valence-corrected chi connectivity index (χ0v) is 22.3. The van der Waals surface area contributed by atoms with E-state index in [0.29, 0.717) is 41.7 Å². The summed E-state index contributed by atoms with van der Waals surface area (Å²) in [6.45, 7) is 6.41. The summed E-state index contributed by atoms with van der Waals surface area (Å²) in [6.07, 6.45) is 3.52. The average molecular weight is 531 g/mol. The van der Waals surface area contributed by atoms with Gasteiger partial charge in [0.1, 0.15) is 11.5 Å². The van der Waals surface area contributed by atoms with Gasteiger partial charge in [-0.15, -0.1) is 0 Å². The SMILES string of the molecule is COc1cc2c(NCc3ccc(C(=O)NO)cc3)cc(-c3ccc(C)o3)nc2cc1OCCCN1CCCC1. The number of nitrogens with one attached hydrogen (secondary N) is 2. The second kappa shape index (κ2) is 12.2. The lowest BCUT2D eigenvalue weighted by Gasteiger charge is -2.17. The standard InChI is InChI=1S/C30H34N4O5/c1-20-6-11-27(39-20)26-17-24(31-19-21-7-9-22(10-8-21)30(35)33-36)23-16-28(37-2)29(18-25(23)32-26)38-15-5-14-34-12-3-4-13-34/h6-11,16-18,36H,3-5,12-15,19H2,1-2H3,(H,31,32)(H,33,35). The number of fused-ring (bicyclic) bond motifs is 1. The highest BCUT2D eigenvalue weighted by molar-refractivity contribution is 5.96. The van der Waals surface area contributed by atoms with E-state index in [0.717, 1.165) is 40.9 Å². The first kappa shape index (κ1) is 26.5. The summed E-state index contributed by atoms with van der Waals surface area (Å²) in [5.41, 5.74) is 5.32. The van der Waals surface area contributed by atoms with Gasteiger partial charge in [0.05, 0.1) is 19.2 Å². The highest BCUT2D eigenvalue weighted by Gasteiger charge is 2.16. The molecule has 9 heteroatoms. The summed E-state index contributed by atoms with van der Waals surface area (Å²) in [5.74, 6) is 2.25. The average Bonchev–Trinajstić information content (AvgIpc) is 3.65. The van der Waals surface area contributed by atoms with Gasteiger partial charge in [0.2, 0.25) is 0 Å². The first-order chi connectivity index (χ1) is 19.0. The van der Waals surface area contributed by atoms with E-state index in [1.165, 1.54) is 25.9 Å². The molecule has 1 saturated heterocycles. The number of hydroxylamine groups is 1. The van der Waals surface area contributed by atoms with Gasteiger partial charge in [-0.05, 0) is 81.2 Å². The zero-order chi connectivity index (χ0) is 27.2. The molecule has 1 fully saturated rings. The van der Waals surface area contributed by atoms with Crippen LogP contribution in [-0.2, 0) is 6.54 Å². The van der Waals surface area contributed by atoms with E-state index in [9.17, 15) is 4.79 Å². The molecule has 0 aliphatic carbocycles. The van der Waals surface area contributed by atoms with Crippen molar-refractivity contribution in [2.45, 2.75) is 32.7 Å². The Labute approximate surface area is 227 Å². The van der Waals surface area contributed by atoms with E-state index in [1.807, 2.05) is 49.4 Å². The maximum absolute atomic E-state index is 11.6. The van der Waals surface area contributed by atoms with Crippen LogP contribution in [0.1, 0.15) is 40.9 Å². The number of ether oxygens (including phenoxy) is 2. The Kier molecular flexibility index (Phi) is 8.29. The number of hydrogen-bond acceptors (Lipinski definition) is 8.